The van der Waals surface area contributed by atoms with Crippen molar-refractivity contribution in [1.29, 1.82) is 0 Å². The Labute approximate surface area is 143 Å². The van der Waals surface area contributed by atoms with E-state index in [1.54, 1.807) is 12.4 Å². The molecule has 0 bridgehead atoms. The molecule has 126 valence electrons. The lowest BCUT2D eigenvalue weighted by molar-refractivity contribution is -0.133. The van der Waals surface area contributed by atoms with E-state index in [4.69, 9.17) is 5.11 Å². The Kier molecular flexibility index (Phi) is 4.21. The molecule has 2 aromatic rings. The molecule has 0 spiro atoms. The Morgan fingerprint density at radius 3 is 2.96 bits per heavy atom. The van der Waals surface area contributed by atoms with Crippen LogP contribution in [-0.4, -0.2) is 42.6 Å². The standard InChI is InChI=1S/C15H18N6O2S/c22-13(23)8-24-15-20-19-14(21(15)10-2-1-5-16-7-10)12-6-11(17-18-12)9-3-4-9/h1-2,5,7,9,11-12,17-18H,3-4,6,8H2,(H,22,23). The monoisotopic (exact) mass is 346 g/mol. The molecular formula is C15H18N6O2S. The van der Waals surface area contributed by atoms with Gasteiger partial charge in [0, 0.05) is 12.2 Å². The van der Waals surface area contributed by atoms with Crippen LogP contribution < -0.4 is 10.9 Å². The summed E-state index contributed by atoms with van der Waals surface area (Å²) in [6.07, 6.45) is 6.95. The Morgan fingerprint density at radius 1 is 1.38 bits per heavy atom. The van der Waals surface area contributed by atoms with Gasteiger partial charge in [0.1, 0.15) is 0 Å². The molecule has 2 fully saturated rings. The summed E-state index contributed by atoms with van der Waals surface area (Å²) in [6.45, 7) is 0. The molecule has 1 aliphatic carbocycles. The summed E-state index contributed by atoms with van der Waals surface area (Å²) in [7, 11) is 0. The molecule has 1 saturated carbocycles. The van der Waals surface area contributed by atoms with Gasteiger partial charge in [-0.1, -0.05) is 11.8 Å². The maximum absolute atomic E-state index is 10.9. The van der Waals surface area contributed by atoms with E-state index in [0.717, 1.165) is 35.6 Å². The van der Waals surface area contributed by atoms with Gasteiger partial charge in [-0.05, 0) is 37.3 Å². The van der Waals surface area contributed by atoms with Crippen molar-refractivity contribution in [2.75, 3.05) is 5.75 Å². The Bertz CT molecular complexity index is 733. The van der Waals surface area contributed by atoms with E-state index in [1.807, 2.05) is 16.7 Å². The molecule has 2 unspecified atom stereocenters. The summed E-state index contributed by atoms with van der Waals surface area (Å²) in [6, 6.07) is 4.27. The number of pyridine rings is 1. The third-order valence-electron chi connectivity index (χ3n) is 4.32. The molecule has 3 N–H and O–H groups in total. The highest BCUT2D eigenvalue weighted by molar-refractivity contribution is 7.99. The highest BCUT2D eigenvalue weighted by Gasteiger charge is 2.38. The van der Waals surface area contributed by atoms with Crippen LogP contribution in [0.5, 0.6) is 0 Å². The number of carboxylic acid groups (broad SMARTS) is 1. The van der Waals surface area contributed by atoms with E-state index < -0.39 is 5.97 Å². The quantitative estimate of drug-likeness (QED) is 0.669. The molecule has 0 radical (unpaired) electrons. The van der Waals surface area contributed by atoms with E-state index in [-0.39, 0.29) is 11.8 Å². The van der Waals surface area contributed by atoms with Crippen LogP contribution in [0, 0.1) is 5.92 Å². The van der Waals surface area contributed by atoms with Gasteiger partial charge in [0.05, 0.1) is 23.7 Å². The summed E-state index contributed by atoms with van der Waals surface area (Å²) in [5, 5.41) is 18.1. The number of hydrazine groups is 1. The van der Waals surface area contributed by atoms with Crippen molar-refractivity contribution >= 4 is 17.7 Å². The van der Waals surface area contributed by atoms with Gasteiger partial charge in [0.15, 0.2) is 11.0 Å². The summed E-state index contributed by atoms with van der Waals surface area (Å²) in [5.74, 6) is 0.598. The number of thioether (sulfide) groups is 1. The van der Waals surface area contributed by atoms with E-state index in [0.29, 0.717) is 11.2 Å². The van der Waals surface area contributed by atoms with Gasteiger partial charge < -0.3 is 5.11 Å². The summed E-state index contributed by atoms with van der Waals surface area (Å²) in [4.78, 5) is 15.1. The van der Waals surface area contributed by atoms with Gasteiger partial charge in [0.25, 0.3) is 0 Å². The molecule has 3 heterocycles. The van der Waals surface area contributed by atoms with Crippen LogP contribution in [0.1, 0.15) is 31.1 Å². The van der Waals surface area contributed by atoms with Crippen LogP contribution in [0.25, 0.3) is 5.69 Å². The fourth-order valence-electron chi connectivity index (χ4n) is 3.01. The normalized spacial score (nSPS) is 23.5. The van der Waals surface area contributed by atoms with E-state index in [9.17, 15) is 4.79 Å². The average Bonchev–Trinajstić information content (AvgIpc) is 3.18. The molecule has 2 aliphatic rings. The number of carbonyl (C=O) groups is 1. The predicted molar refractivity (Wildman–Crippen MR) is 87.7 cm³/mol. The molecule has 1 aliphatic heterocycles. The number of hydrogen-bond donors (Lipinski definition) is 3. The first kappa shape index (κ1) is 15.6. The molecule has 4 rings (SSSR count). The number of hydrogen-bond acceptors (Lipinski definition) is 7. The zero-order valence-electron chi connectivity index (χ0n) is 12.9. The number of carboxylic acids is 1. The van der Waals surface area contributed by atoms with Crippen molar-refractivity contribution in [2.45, 2.75) is 36.5 Å². The largest absolute Gasteiger partial charge is 0.481 e. The van der Waals surface area contributed by atoms with E-state index in [1.165, 1.54) is 12.8 Å². The van der Waals surface area contributed by atoms with E-state index >= 15 is 0 Å². The number of nitrogens with zero attached hydrogens (tertiary/aromatic N) is 4. The lowest BCUT2D eigenvalue weighted by Crippen LogP contribution is -2.32. The van der Waals surface area contributed by atoms with Crippen LogP contribution in [-0.2, 0) is 4.79 Å². The highest BCUT2D eigenvalue weighted by atomic mass is 32.2. The summed E-state index contributed by atoms with van der Waals surface area (Å²) in [5.41, 5.74) is 7.51. The smallest absolute Gasteiger partial charge is 0.313 e. The molecule has 0 amide bonds. The minimum Gasteiger partial charge on any atom is -0.481 e. The van der Waals surface area contributed by atoms with Crippen LogP contribution in [0.2, 0.25) is 0 Å². The predicted octanol–water partition coefficient (Wildman–Crippen LogP) is 1.16. The fourth-order valence-corrected chi connectivity index (χ4v) is 3.69. The fraction of sp³-hybridized carbons (Fsp3) is 0.467. The second-order valence-electron chi connectivity index (χ2n) is 6.09. The van der Waals surface area contributed by atoms with Gasteiger partial charge in [-0.25, -0.2) is 5.43 Å². The SMILES string of the molecule is O=C(O)CSc1nnc(C2CC(C3CC3)NN2)n1-c1cccnc1. The molecule has 24 heavy (non-hydrogen) atoms. The van der Waals surface area contributed by atoms with Crippen molar-refractivity contribution < 1.29 is 9.90 Å². The second-order valence-corrected chi connectivity index (χ2v) is 7.03. The number of rotatable bonds is 6. The van der Waals surface area contributed by atoms with Gasteiger partial charge in [-0.15, -0.1) is 10.2 Å². The van der Waals surface area contributed by atoms with Crippen molar-refractivity contribution in [1.82, 2.24) is 30.6 Å². The van der Waals surface area contributed by atoms with Crippen molar-refractivity contribution in [3.05, 3.63) is 30.4 Å². The molecule has 0 aromatic carbocycles. The van der Waals surface area contributed by atoms with Gasteiger partial charge >= 0.3 is 5.97 Å². The molecule has 2 atom stereocenters. The lowest BCUT2D eigenvalue weighted by atomic mass is 10.1. The molecule has 1 saturated heterocycles. The van der Waals surface area contributed by atoms with Gasteiger partial charge in [0.2, 0.25) is 0 Å². The molecule has 2 aromatic heterocycles. The first-order valence-electron chi connectivity index (χ1n) is 7.93. The number of aromatic nitrogens is 4. The summed E-state index contributed by atoms with van der Waals surface area (Å²) >= 11 is 1.16. The first-order valence-corrected chi connectivity index (χ1v) is 8.92. The average molecular weight is 346 g/mol. The lowest BCUT2D eigenvalue weighted by Gasteiger charge is -2.13. The summed E-state index contributed by atoms with van der Waals surface area (Å²) < 4.78 is 1.90. The van der Waals surface area contributed by atoms with Crippen molar-refractivity contribution in [3.8, 4) is 5.69 Å². The van der Waals surface area contributed by atoms with Gasteiger partial charge in [-0.2, -0.15) is 0 Å². The maximum Gasteiger partial charge on any atom is 0.313 e. The zero-order valence-corrected chi connectivity index (χ0v) is 13.7. The first-order chi connectivity index (χ1) is 11.7. The minimum atomic E-state index is -0.878. The van der Waals surface area contributed by atoms with Crippen LogP contribution in [0.3, 0.4) is 0 Å². The van der Waals surface area contributed by atoms with E-state index in [2.05, 4.69) is 26.0 Å². The van der Waals surface area contributed by atoms with Crippen molar-refractivity contribution in [2.24, 2.45) is 5.92 Å². The minimum absolute atomic E-state index is 0.0440. The maximum atomic E-state index is 10.9. The van der Waals surface area contributed by atoms with Crippen molar-refractivity contribution in [3.63, 3.8) is 0 Å². The third-order valence-corrected chi connectivity index (χ3v) is 5.24. The molecule has 9 heteroatoms. The number of aliphatic carboxylic acids is 1. The Hall–Kier alpha value is -1.97. The molecule has 8 nitrogen and oxygen atoms in total. The number of nitrogens with one attached hydrogen (secondary N) is 2. The second kappa shape index (κ2) is 6.50. The Morgan fingerprint density at radius 2 is 2.25 bits per heavy atom. The van der Waals surface area contributed by atoms with Crippen LogP contribution >= 0.6 is 11.8 Å². The topological polar surface area (TPSA) is 105 Å². The highest BCUT2D eigenvalue weighted by Crippen LogP contribution is 2.38. The molecular weight excluding hydrogens is 328 g/mol. The van der Waals surface area contributed by atoms with Crippen LogP contribution in [0.4, 0.5) is 0 Å². The third kappa shape index (κ3) is 3.14. The van der Waals surface area contributed by atoms with Gasteiger partial charge in [-0.3, -0.25) is 19.8 Å². The Balaban J connectivity index is 1.64. The van der Waals surface area contributed by atoms with Crippen LogP contribution in [0.15, 0.2) is 29.7 Å². The zero-order chi connectivity index (χ0) is 16.5.